The molecule has 0 amide bonds. The summed E-state index contributed by atoms with van der Waals surface area (Å²) in [5.74, 6) is 0.979. The molecule has 0 spiro atoms. The van der Waals surface area contributed by atoms with Gasteiger partial charge in [0, 0.05) is 17.3 Å². The van der Waals surface area contributed by atoms with Crippen LogP contribution in [0.2, 0.25) is 0 Å². The first kappa shape index (κ1) is 11.8. The van der Waals surface area contributed by atoms with E-state index in [1.165, 1.54) is 43.1 Å². The minimum atomic E-state index is 0.206. The second kappa shape index (κ2) is 4.43. The standard InChI is InChI=1S/C16H21NO/c1-12-9-13-10-14(5-6-15(13)18-12)16(11-17)7-3-2-4-8-16/h5-6,9-10H,2-4,7-8,11,17H2,1H3. The molecule has 0 atom stereocenters. The molecule has 18 heavy (non-hydrogen) atoms. The van der Waals surface area contributed by atoms with Gasteiger partial charge in [0.1, 0.15) is 11.3 Å². The van der Waals surface area contributed by atoms with Gasteiger partial charge in [0.25, 0.3) is 0 Å². The molecule has 1 saturated carbocycles. The van der Waals surface area contributed by atoms with Crippen molar-refractivity contribution >= 4 is 11.0 Å². The molecule has 0 aliphatic heterocycles. The molecule has 1 aromatic heterocycles. The smallest absolute Gasteiger partial charge is 0.134 e. The quantitative estimate of drug-likeness (QED) is 0.868. The first-order valence-electron chi connectivity index (χ1n) is 6.94. The lowest BCUT2D eigenvalue weighted by molar-refractivity contribution is 0.301. The fourth-order valence-electron chi connectivity index (χ4n) is 3.35. The monoisotopic (exact) mass is 243 g/mol. The third-order valence-corrected chi connectivity index (χ3v) is 4.45. The Bertz CT molecular complexity index is 549. The van der Waals surface area contributed by atoms with Crippen LogP contribution >= 0.6 is 0 Å². The summed E-state index contributed by atoms with van der Waals surface area (Å²) in [6, 6.07) is 8.71. The SMILES string of the molecule is Cc1cc2cc(C3(CN)CCCCC3)ccc2o1. The van der Waals surface area contributed by atoms with Crippen molar-refractivity contribution in [3.8, 4) is 0 Å². The average Bonchev–Trinajstić information content (AvgIpc) is 2.78. The Morgan fingerprint density at radius 2 is 1.94 bits per heavy atom. The Labute approximate surface area is 108 Å². The van der Waals surface area contributed by atoms with Crippen LogP contribution in [0.4, 0.5) is 0 Å². The summed E-state index contributed by atoms with van der Waals surface area (Å²) < 4.78 is 5.65. The van der Waals surface area contributed by atoms with E-state index < -0.39 is 0 Å². The molecule has 2 heteroatoms. The number of rotatable bonds is 2. The molecule has 0 saturated heterocycles. The van der Waals surface area contributed by atoms with E-state index >= 15 is 0 Å². The van der Waals surface area contributed by atoms with Gasteiger partial charge in [-0.1, -0.05) is 25.3 Å². The van der Waals surface area contributed by atoms with Crippen LogP contribution in [0.25, 0.3) is 11.0 Å². The fourth-order valence-corrected chi connectivity index (χ4v) is 3.35. The summed E-state index contributed by atoms with van der Waals surface area (Å²) in [4.78, 5) is 0. The predicted octanol–water partition coefficient (Wildman–Crippen LogP) is 3.90. The van der Waals surface area contributed by atoms with Crippen LogP contribution < -0.4 is 5.73 Å². The molecule has 3 rings (SSSR count). The van der Waals surface area contributed by atoms with E-state index in [-0.39, 0.29) is 5.41 Å². The number of fused-ring (bicyclic) bond motifs is 1. The lowest BCUT2D eigenvalue weighted by Crippen LogP contribution is -2.37. The Hall–Kier alpha value is -1.28. The van der Waals surface area contributed by atoms with Crippen molar-refractivity contribution < 1.29 is 4.42 Å². The molecular formula is C16H21NO. The molecule has 2 N–H and O–H groups in total. The van der Waals surface area contributed by atoms with Crippen molar-refractivity contribution in [1.82, 2.24) is 0 Å². The van der Waals surface area contributed by atoms with Crippen molar-refractivity contribution in [2.75, 3.05) is 6.54 Å². The zero-order valence-electron chi connectivity index (χ0n) is 11.0. The van der Waals surface area contributed by atoms with E-state index in [0.29, 0.717) is 0 Å². The lowest BCUT2D eigenvalue weighted by atomic mass is 9.69. The Morgan fingerprint density at radius 1 is 1.17 bits per heavy atom. The van der Waals surface area contributed by atoms with Crippen LogP contribution in [0.1, 0.15) is 43.4 Å². The number of benzene rings is 1. The second-order valence-electron chi connectivity index (χ2n) is 5.65. The summed E-state index contributed by atoms with van der Waals surface area (Å²) in [6.45, 7) is 2.76. The van der Waals surface area contributed by atoms with E-state index in [1.54, 1.807) is 0 Å². The van der Waals surface area contributed by atoms with Crippen molar-refractivity contribution in [2.24, 2.45) is 5.73 Å². The number of furan rings is 1. The minimum Gasteiger partial charge on any atom is -0.461 e. The van der Waals surface area contributed by atoms with Gasteiger partial charge in [-0.2, -0.15) is 0 Å². The lowest BCUT2D eigenvalue weighted by Gasteiger charge is -2.36. The van der Waals surface area contributed by atoms with Crippen molar-refractivity contribution in [1.29, 1.82) is 0 Å². The van der Waals surface area contributed by atoms with Crippen LogP contribution in [0.15, 0.2) is 28.7 Å². The van der Waals surface area contributed by atoms with Crippen LogP contribution in [-0.2, 0) is 5.41 Å². The highest BCUT2D eigenvalue weighted by Gasteiger charge is 2.32. The highest BCUT2D eigenvalue weighted by atomic mass is 16.3. The third kappa shape index (κ3) is 1.85. The highest BCUT2D eigenvalue weighted by molar-refractivity contribution is 5.79. The maximum absolute atomic E-state index is 6.10. The zero-order chi connectivity index (χ0) is 12.6. The molecule has 1 fully saturated rings. The zero-order valence-corrected chi connectivity index (χ0v) is 11.0. The van der Waals surface area contributed by atoms with Gasteiger partial charge in [0.2, 0.25) is 0 Å². The molecule has 0 radical (unpaired) electrons. The molecule has 2 nitrogen and oxygen atoms in total. The van der Waals surface area contributed by atoms with Crippen molar-refractivity contribution in [2.45, 2.75) is 44.4 Å². The maximum Gasteiger partial charge on any atom is 0.134 e. The van der Waals surface area contributed by atoms with Crippen LogP contribution in [-0.4, -0.2) is 6.54 Å². The number of hydrogen-bond donors (Lipinski definition) is 1. The maximum atomic E-state index is 6.10. The van der Waals surface area contributed by atoms with E-state index in [4.69, 9.17) is 10.2 Å². The summed E-state index contributed by atoms with van der Waals surface area (Å²) in [6.07, 6.45) is 6.42. The van der Waals surface area contributed by atoms with Gasteiger partial charge in [-0.05, 0) is 43.5 Å². The van der Waals surface area contributed by atoms with Crippen LogP contribution in [0.5, 0.6) is 0 Å². The van der Waals surface area contributed by atoms with Crippen LogP contribution in [0, 0.1) is 6.92 Å². The van der Waals surface area contributed by atoms with Crippen molar-refractivity contribution in [3.05, 3.63) is 35.6 Å². The van der Waals surface area contributed by atoms with E-state index in [2.05, 4.69) is 24.3 Å². The number of aryl methyl sites for hydroxylation is 1. The molecule has 0 unspecified atom stereocenters. The summed E-state index contributed by atoms with van der Waals surface area (Å²) >= 11 is 0. The van der Waals surface area contributed by atoms with Gasteiger partial charge in [-0.3, -0.25) is 0 Å². The summed E-state index contributed by atoms with van der Waals surface area (Å²) in [5, 5.41) is 1.21. The second-order valence-corrected chi connectivity index (χ2v) is 5.65. The fraction of sp³-hybridized carbons (Fsp3) is 0.500. The molecule has 0 bridgehead atoms. The minimum absolute atomic E-state index is 0.206. The van der Waals surface area contributed by atoms with E-state index in [9.17, 15) is 0 Å². The predicted molar refractivity (Wildman–Crippen MR) is 74.8 cm³/mol. The number of nitrogens with two attached hydrogens (primary N) is 1. The summed E-state index contributed by atoms with van der Waals surface area (Å²) in [7, 11) is 0. The largest absolute Gasteiger partial charge is 0.461 e. The van der Waals surface area contributed by atoms with Gasteiger partial charge >= 0.3 is 0 Å². The van der Waals surface area contributed by atoms with Gasteiger partial charge < -0.3 is 10.2 Å². The van der Waals surface area contributed by atoms with E-state index in [0.717, 1.165) is 17.9 Å². The molecule has 1 aromatic carbocycles. The Morgan fingerprint density at radius 3 is 2.67 bits per heavy atom. The molecule has 1 aliphatic rings. The summed E-state index contributed by atoms with van der Waals surface area (Å²) in [5.41, 5.74) is 8.69. The Kier molecular flexibility index (Phi) is 2.90. The first-order chi connectivity index (χ1) is 8.73. The highest BCUT2D eigenvalue weighted by Crippen LogP contribution is 2.39. The van der Waals surface area contributed by atoms with Gasteiger partial charge in [-0.15, -0.1) is 0 Å². The average molecular weight is 243 g/mol. The molecule has 2 aromatic rings. The van der Waals surface area contributed by atoms with Gasteiger partial charge in [0.05, 0.1) is 0 Å². The van der Waals surface area contributed by atoms with Crippen molar-refractivity contribution in [3.63, 3.8) is 0 Å². The molecular weight excluding hydrogens is 222 g/mol. The number of hydrogen-bond acceptors (Lipinski definition) is 2. The molecule has 96 valence electrons. The molecule has 1 aliphatic carbocycles. The Balaban J connectivity index is 2.05. The topological polar surface area (TPSA) is 39.2 Å². The third-order valence-electron chi connectivity index (χ3n) is 4.45. The van der Waals surface area contributed by atoms with E-state index in [1.807, 2.05) is 6.92 Å². The normalized spacial score (nSPS) is 19.2. The van der Waals surface area contributed by atoms with Gasteiger partial charge in [0.15, 0.2) is 0 Å². The first-order valence-corrected chi connectivity index (χ1v) is 6.94. The van der Waals surface area contributed by atoms with Crippen LogP contribution in [0.3, 0.4) is 0 Å². The molecule has 1 heterocycles. The van der Waals surface area contributed by atoms with Gasteiger partial charge in [-0.25, -0.2) is 0 Å².